The molecule has 0 amide bonds. The van der Waals surface area contributed by atoms with Gasteiger partial charge < -0.3 is 10.2 Å². The number of phenolic OH excluding ortho intramolecular Hbond substituents is 1. The number of rotatable bonds is 8. The van der Waals surface area contributed by atoms with Crippen molar-refractivity contribution in [3.63, 3.8) is 0 Å². The fourth-order valence-electron chi connectivity index (χ4n) is 3.77. The van der Waals surface area contributed by atoms with Crippen LogP contribution in [-0.4, -0.2) is 42.0 Å². The SMILES string of the molecule is O=C(O)CC/C=C\C[C@@H]1CN(S(=O)(=O)c2ccc(Cl)cc2)C[C@@H]1c1ccccc1O. The summed E-state index contributed by atoms with van der Waals surface area (Å²) in [5.74, 6) is -0.917. The maximum atomic E-state index is 13.1. The van der Waals surface area contributed by atoms with Gasteiger partial charge >= 0.3 is 5.97 Å². The van der Waals surface area contributed by atoms with Crippen molar-refractivity contribution in [2.24, 2.45) is 5.92 Å². The first-order valence-corrected chi connectivity index (χ1v) is 11.5. The van der Waals surface area contributed by atoms with Crippen LogP contribution < -0.4 is 0 Å². The Morgan fingerprint density at radius 2 is 1.80 bits per heavy atom. The number of carboxylic acid groups (broad SMARTS) is 1. The smallest absolute Gasteiger partial charge is 0.303 e. The Balaban J connectivity index is 1.83. The number of carboxylic acids is 1. The zero-order valence-corrected chi connectivity index (χ0v) is 17.9. The maximum Gasteiger partial charge on any atom is 0.303 e. The minimum atomic E-state index is -3.70. The Morgan fingerprint density at radius 1 is 1.10 bits per heavy atom. The van der Waals surface area contributed by atoms with Gasteiger partial charge in [-0.3, -0.25) is 4.79 Å². The van der Waals surface area contributed by atoms with E-state index in [2.05, 4.69) is 0 Å². The molecule has 1 fully saturated rings. The third-order valence-corrected chi connectivity index (χ3v) is 7.42. The number of halogens is 1. The highest BCUT2D eigenvalue weighted by atomic mass is 35.5. The molecule has 1 aliphatic rings. The van der Waals surface area contributed by atoms with Crippen molar-refractivity contribution in [2.45, 2.75) is 30.1 Å². The molecule has 0 spiro atoms. The highest BCUT2D eigenvalue weighted by Gasteiger charge is 2.40. The summed E-state index contributed by atoms with van der Waals surface area (Å²) in [6.07, 6.45) is 4.79. The molecule has 30 heavy (non-hydrogen) atoms. The molecule has 160 valence electrons. The van der Waals surface area contributed by atoms with Crippen LogP contribution in [0.3, 0.4) is 0 Å². The van der Waals surface area contributed by atoms with Gasteiger partial charge in [0.25, 0.3) is 0 Å². The van der Waals surface area contributed by atoms with Crippen molar-refractivity contribution in [3.05, 3.63) is 71.3 Å². The minimum absolute atomic E-state index is 0.0403. The van der Waals surface area contributed by atoms with E-state index in [1.165, 1.54) is 16.4 Å². The zero-order valence-electron chi connectivity index (χ0n) is 16.3. The normalized spacial score (nSPS) is 20.0. The van der Waals surface area contributed by atoms with Crippen LogP contribution in [0.1, 0.15) is 30.7 Å². The lowest BCUT2D eigenvalue weighted by Gasteiger charge is -2.18. The van der Waals surface area contributed by atoms with Crippen molar-refractivity contribution in [3.8, 4) is 5.75 Å². The average Bonchev–Trinajstić information content (AvgIpc) is 3.13. The second kappa shape index (κ2) is 9.64. The van der Waals surface area contributed by atoms with E-state index < -0.39 is 16.0 Å². The number of allylic oxidation sites excluding steroid dienone is 2. The van der Waals surface area contributed by atoms with Gasteiger partial charge in [0.05, 0.1) is 4.90 Å². The van der Waals surface area contributed by atoms with Crippen LogP contribution in [0.2, 0.25) is 5.02 Å². The lowest BCUT2D eigenvalue weighted by Crippen LogP contribution is -2.29. The molecule has 0 saturated carbocycles. The predicted molar refractivity (Wildman–Crippen MR) is 115 cm³/mol. The number of sulfonamides is 1. The van der Waals surface area contributed by atoms with Gasteiger partial charge in [-0.15, -0.1) is 0 Å². The Kier molecular flexibility index (Phi) is 7.18. The summed E-state index contributed by atoms with van der Waals surface area (Å²) in [4.78, 5) is 10.8. The molecule has 1 aliphatic heterocycles. The summed E-state index contributed by atoms with van der Waals surface area (Å²) in [5.41, 5.74) is 0.718. The van der Waals surface area contributed by atoms with Crippen LogP contribution in [0.4, 0.5) is 0 Å². The van der Waals surface area contributed by atoms with Gasteiger partial charge in [0, 0.05) is 30.5 Å². The lowest BCUT2D eigenvalue weighted by molar-refractivity contribution is -0.136. The van der Waals surface area contributed by atoms with Gasteiger partial charge in [-0.1, -0.05) is 42.0 Å². The van der Waals surface area contributed by atoms with Crippen LogP contribution in [0.25, 0.3) is 0 Å². The quantitative estimate of drug-likeness (QED) is 0.587. The van der Waals surface area contributed by atoms with Crippen LogP contribution in [0.5, 0.6) is 5.75 Å². The van der Waals surface area contributed by atoms with Crippen LogP contribution in [0.15, 0.2) is 65.6 Å². The fourth-order valence-corrected chi connectivity index (χ4v) is 5.42. The van der Waals surface area contributed by atoms with Crippen molar-refractivity contribution >= 4 is 27.6 Å². The molecule has 0 radical (unpaired) electrons. The number of aromatic hydroxyl groups is 1. The molecule has 0 aliphatic carbocycles. The average molecular weight is 450 g/mol. The van der Waals surface area contributed by atoms with Gasteiger partial charge in [0.15, 0.2) is 0 Å². The molecular formula is C22H24ClNO5S. The Bertz CT molecular complexity index is 1020. The fraction of sp³-hybridized carbons (Fsp3) is 0.318. The van der Waals surface area contributed by atoms with E-state index in [1.807, 2.05) is 24.3 Å². The predicted octanol–water partition coefficient (Wildman–Crippen LogP) is 4.26. The van der Waals surface area contributed by atoms with Crippen molar-refractivity contribution in [1.82, 2.24) is 4.31 Å². The largest absolute Gasteiger partial charge is 0.508 e. The summed E-state index contributed by atoms with van der Waals surface area (Å²) >= 11 is 5.89. The van der Waals surface area contributed by atoms with Crippen LogP contribution in [-0.2, 0) is 14.8 Å². The number of benzene rings is 2. The summed E-state index contributed by atoms with van der Waals surface area (Å²) in [7, 11) is -3.70. The Hall–Kier alpha value is -2.35. The number of carbonyl (C=O) groups is 1. The monoisotopic (exact) mass is 449 g/mol. The third-order valence-electron chi connectivity index (χ3n) is 5.33. The number of nitrogens with zero attached hydrogens (tertiary/aromatic N) is 1. The molecule has 0 aromatic heterocycles. The summed E-state index contributed by atoms with van der Waals surface area (Å²) in [5, 5.41) is 19.5. The third kappa shape index (κ3) is 5.22. The van der Waals surface area contributed by atoms with Gasteiger partial charge in [-0.05, 0) is 54.7 Å². The van der Waals surface area contributed by atoms with E-state index >= 15 is 0 Å². The first-order chi connectivity index (χ1) is 14.3. The van der Waals surface area contributed by atoms with Crippen molar-refractivity contribution < 1.29 is 23.4 Å². The molecular weight excluding hydrogens is 426 g/mol. The first kappa shape index (κ1) is 22.3. The standard InChI is InChI=1S/C22H24ClNO5S/c23-17-10-12-18(13-11-17)30(28,29)24-14-16(6-2-1-3-9-22(26)27)20(15-24)19-7-4-5-8-21(19)25/h1-2,4-5,7-8,10-13,16,20,25H,3,6,9,14-15H2,(H,26,27)/b2-1-/t16-,20+/m1/s1. The molecule has 2 N–H and O–H groups in total. The highest BCUT2D eigenvalue weighted by Crippen LogP contribution is 2.40. The van der Waals surface area contributed by atoms with E-state index in [9.17, 15) is 18.3 Å². The molecule has 0 bridgehead atoms. The molecule has 6 nitrogen and oxygen atoms in total. The second-order valence-electron chi connectivity index (χ2n) is 7.34. The number of phenols is 1. The van der Waals surface area contributed by atoms with E-state index in [0.717, 1.165) is 5.56 Å². The molecule has 0 unspecified atom stereocenters. The molecule has 8 heteroatoms. The maximum absolute atomic E-state index is 13.1. The number of aliphatic carboxylic acids is 1. The van der Waals surface area contributed by atoms with E-state index in [1.54, 1.807) is 24.3 Å². The Morgan fingerprint density at radius 3 is 2.47 bits per heavy atom. The molecule has 3 rings (SSSR count). The van der Waals surface area contributed by atoms with Crippen molar-refractivity contribution in [2.75, 3.05) is 13.1 Å². The number of para-hydroxylation sites is 1. The molecule has 2 atom stereocenters. The van der Waals surface area contributed by atoms with Crippen LogP contribution >= 0.6 is 11.6 Å². The number of hydrogen-bond donors (Lipinski definition) is 2. The zero-order chi connectivity index (χ0) is 21.7. The molecule has 1 heterocycles. The van der Waals surface area contributed by atoms with Crippen molar-refractivity contribution in [1.29, 1.82) is 0 Å². The minimum Gasteiger partial charge on any atom is -0.508 e. The topological polar surface area (TPSA) is 94.9 Å². The molecule has 1 saturated heterocycles. The van der Waals surface area contributed by atoms with Gasteiger partial charge in [-0.2, -0.15) is 4.31 Å². The van der Waals surface area contributed by atoms with Crippen LogP contribution in [0, 0.1) is 5.92 Å². The first-order valence-electron chi connectivity index (χ1n) is 9.69. The molecule has 2 aromatic carbocycles. The summed E-state index contributed by atoms with van der Waals surface area (Å²) in [6.45, 7) is 0.573. The highest BCUT2D eigenvalue weighted by molar-refractivity contribution is 7.89. The van der Waals surface area contributed by atoms with E-state index in [-0.39, 0.29) is 35.4 Å². The number of hydrogen-bond acceptors (Lipinski definition) is 4. The van der Waals surface area contributed by atoms with Gasteiger partial charge in [0.1, 0.15) is 5.75 Å². The second-order valence-corrected chi connectivity index (χ2v) is 9.72. The van der Waals surface area contributed by atoms with Gasteiger partial charge in [-0.25, -0.2) is 8.42 Å². The lowest BCUT2D eigenvalue weighted by atomic mass is 9.86. The van der Waals surface area contributed by atoms with E-state index in [0.29, 0.717) is 24.4 Å². The van der Waals surface area contributed by atoms with E-state index in [4.69, 9.17) is 16.7 Å². The van der Waals surface area contributed by atoms with Gasteiger partial charge in [0.2, 0.25) is 10.0 Å². The summed E-state index contributed by atoms with van der Waals surface area (Å²) in [6, 6.07) is 13.1. The molecule has 2 aromatic rings. The Labute approximate surface area is 181 Å². The summed E-state index contributed by atoms with van der Waals surface area (Å²) < 4.78 is 27.7.